The van der Waals surface area contributed by atoms with Gasteiger partial charge in [0.1, 0.15) is 6.61 Å². The maximum atomic E-state index is 11.8. The summed E-state index contributed by atoms with van der Waals surface area (Å²) in [5, 5.41) is 2.66. The van der Waals surface area contributed by atoms with Crippen LogP contribution in [-0.2, 0) is 15.3 Å². The Kier molecular flexibility index (Phi) is 8.34. The molecule has 1 amide bonds. The first-order valence-corrected chi connectivity index (χ1v) is 8.07. The van der Waals surface area contributed by atoms with Crippen molar-refractivity contribution in [2.45, 2.75) is 25.3 Å². The molecule has 124 valence electrons. The first-order chi connectivity index (χ1) is 10.4. The third kappa shape index (κ3) is 9.68. The van der Waals surface area contributed by atoms with Gasteiger partial charge < -0.3 is 10.1 Å². The van der Waals surface area contributed by atoms with Crippen molar-refractivity contribution in [3.8, 4) is 0 Å². The lowest BCUT2D eigenvalue weighted by Gasteiger charge is -2.08. The van der Waals surface area contributed by atoms with Gasteiger partial charge in [0.25, 0.3) is 0 Å². The van der Waals surface area contributed by atoms with Gasteiger partial charge in [0, 0.05) is 18.9 Å². The highest BCUT2D eigenvalue weighted by Gasteiger charge is 2.27. The Bertz CT molecular complexity index is 466. The molecule has 0 aliphatic heterocycles. The van der Waals surface area contributed by atoms with E-state index in [2.05, 4.69) is 16.1 Å². The van der Waals surface area contributed by atoms with Crippen LogP contribution in [0.2, 0.25) is 0 Å². The van der Waals surface area contributed by atoms with Gasteiger partial charge in [-0.25, -0.2) is 0 Å². The lowest BCUT2D eigenvalue weighted by atomic mass is 10.2. The van der Waals surface area contributed by atoms with Crippen LogP contribution in [0.25, 0.3) is 0 Å². The summed E-state index contributed by atoms with van der Waals surface area (Å²) in [4.78, 5) is 11.5. The average Bonchev–Trinajstić information content (AvgIpc) is 2.41. The fourth-order valence-electron chi connectivity index (χ4n) is 1.70. The second kappa shape index (κ2) is 9.74. The second-order valence-corrected chi connectivity index (χ2v) is 5.84. The van der Waals surface area contributed by atoms with E-state index in [0.717, 1.165) is 5.75 Å². The van der Waals surface area contributed by atoms with Crippen LogP contribution in [0.4, 0.5) is 13.2 Å². The lowest BCUT2D eigenvalue weighted by molar-refractivity contribution is -0.174. The molecular weight excluding hydrogens is 315 g/mol. The van der Waals surface area contributed by atoms with Crippen LogP contribution in [0.15, 0.2) is 24.3 Å². The molecule has 0 radical (unpaired) electrons. The number of benzene rings is 1. The number of hydrogen-bond acceptors (Lipinski definition) is 3. The molecule has 0 saturated carbocycles. The van der Waals surface area contributed by atoms with Gasteiger partial charge in [0.2, 0.25) is 5.91 Å². The third-order valence-corrected chi connectivity index (χ3v) is 3.64. The van der Waals surface area contributed by atoms with Crippen molar-refractivity contribution in [2.75, 3.05) is 25.5 Å². The molecule has 7 heteroatoms. The maximum Gasteiger partial charge on any atom is 0.411 e. The van der Waals surface area contributed by atoms with E-state index in [4.69, 9.17) is 0 Å². The SMILES string of the molecule is Cc1cccc(CSCC(=O)NCCCOCC(F)(F)F)c1. The molecule has 0 spiro atoms. The Morgan fingerprint density at radius 3 is 2.82 bits per heavy atom. The number of halogens is 3. The zero-order valence-corrected chi connectivity index (χ0v) is 13.2. The highest BCUT2D eigenvalue weighted by molar-refractivity contribution is 7.99. The van der Waals surface area contributed by atoms with Gasteiger partial charge in [-0.1, -0.05) is 29.8 Å². The molecule has 1 N–H and O–H groups in total. The number of alkyl halides is 3. The molecule has 1 rings (SSSR count). The van der Waals surface area contributed by atoms with Crippen LogP contribution in [-0.4, -0.2) is 37.6 Å². The highest BCUT2D eigenvalue weighted by Crippen LogP contribution is 2.14. The number of hydrogen-bond donors (Lipinski definition) is 1. The largest absolute Gasteiger partial charge is 0.411 e. The molecule has 0 aliphatic rings. The summed E-state index contributed by atoms with van der Waals surface area (Å²) in [5.74, 6) is 0.967. The van der Waals surface area contributed by atoms with Crippen LogP contribution >= 0.6 is 11.8 Å². The van der Waals surface area contributed by atoms with Crippen LogP contribution in [0.3, 0.4) is 0 Å². The predicted octanol–water partition coefficient (Wildman–Crippen LogP) is 3.31. The fourth-order valence-corrected chi connectivity index (χ4v) is 2.51. The van der Waals surface area contributed by atoms with Crippen molar-refractivity contribution >= 4 is 17.7 Å². The van der Waals surface area contributed by atoms with Crippen molar-refractivity contribution in [3.05, 3.63) is 35.4 Å². The lowest BCUT2D eigenvalue weighted by Crippen LogP contribution is -2.27. The number of thioether (sulfide) groups is 1. The van der Waals surface area contributed by atoms with E-state index >= 15 is 0 Å². The molecule has 0 unspecified atom stereocenters. The molecule has 0 heterocycles. The van der Waals surface area contributed by atoms with E-state index in [0.29, 0.717) is 18.7 Å². The van der Waals surface area contributed by atoms with Gasteiger partial charge in [0.15, 0.2) is 0 Å². The van der Waals surface area contributed by atoms with Crippen LogP contribution in [0.5, 0.6) is 0 Å². The molecule has 0 aromatic heterocycles. The van der Waals surface area contributed by atoms with Crippen molar-refractivity contribution in [1.82, 2.24) is 5.32 Å². The zero-order valence-electron chi connectivity index (χ0n) is 12.4. The first-order valence-electron chi connectivity index (χ1n) is 6.91. The van der Waals surface area contributed by atoms with Gasteiger partial charge >= 0.3 is 6.18 Å². The fraction of sp³-hybridized carbons (Fsp3) is 0.533. The third-order valence-electron chi connectivity index (χ3n) is 2.64. The number of carbonyl (C=O) groups excluding carboxylic acids is 1. The smallest absolute Gasteiger partial charge is 0.372 e. The zero-order chi connectivity index (χ0) is 16.4. The standard InChI is InChI=1S/C15H20F3NO2S/c1-12-4-2-5-13(8-12)9-22-10-14(20)19-6-3-7-21-11-15(16,17)18/h2,4-5,8H,3,6-7,9-11H2,1H3,(H,19,20). The van der Waals surface area contributed by atoms with E-state index < -0.39 is 12.8 Å². The van der Waals surface area contributed by atoms with Crippen molar-refractivity contribution in [2.24, 2.45) is 0 Å². The monoisotopic (exact) mass is 335 g/mol. The van der Waals surface area contributed by atoms with E-state index in [1.807, 2.05) is 25.1 Å². The molecule has 0 aliphatic carbocycles. The summed E-state index contributed by atoms with van der Waals surface area (Å²) in [7, 11) is 0. The van der Waals surface area contributed by atoms with E-state index in [1.165, 1.54) is 22.9 Å². The quantitative estimate of drug-likeness (QED) is 0.704. The number of amides is 1. The molecule has 0 saturated heterocycles. The number of nitrogens with one attached hydrogen (secondary N) is 1. The summed E-state index contributed by atoms with van der Waals surface area (Å²) in [6, 6.07) is 8.08. The van der Waals surface area contributed by atoms with Crippen molar-refractivity contribution in [3.63, 3.8) is 0 Å². The Balaban J connectivity index is 2.02. The average molecular weight is 335 g/mol. The normalized spacial score (nSPS) is 11.5. The number of carbonyl (C=O) groups is 1. The summed E-state index contributed by atoms with van der Waals surface area (Å²) in [5.41, 5.74) is 2.35. The molecule has 1 aromatic rings. The molecule has 0 fully saturated rings. The molecular formula is C15H20F3NO2S. The summed E-state index contributed by atoms with van der Waals surface area (Å²) >= 11 is 1.50. The molecule has 3 nitrogen and oxygen atoms in total. The minimum Gasteiger partial charge on any atom is -0.372 e. The van der Waals surface area contributed by atoms with Crippen LogP contribution in [0.1, 0.15) is 17.5 Å². The molecule has 22 heavy (non-hydrogen) atoms. The highest BCUT2D eigenvalue weighted by atomic mass is 32.2. The van der Waals surface area contributed by atoms with E-state index in [-0.39, 0.29) is 12.5 Å². The van der Waals surface area contributed by atoms with Crippen molar-refractivity contribution in [1.29, 1.82) is 0 Å². The number of aryl methyl sites for hydroxylation is 1. The van der Waals surface area contributed by atoms with Gasteiger partial charge in [-0.15, -0.1) is 11.8 Å². The molecule has 0 bridgehead atoms. The second-order valence-electron chi connectivity index (χ2n) is 4.85. The first kappa shape index (κ1) is 18.8. The van der Waals surface area contributed by atoms with Crippen LogP contribution in [0, 0.1) is 6.92 Å². The van der Waals surface area contributed by atoms with Crippen LogP contribution < -0.4 is 5.32 Å². The Labute approximate surface area is 132 Å². The van der Waals surface area contributed by atoms with Gasteiger partial charge in [0.05, 0.1) is 5.75 Å². The minimum atomic E-state index is -4.30. The number of rotatable bonds is 9. The summed E-state index contributed by atoms with van der Waals surface area (Å²) in [6.45, 7) is 1.08. The van der Waals surface area contributed by atoms with Gasteiger partial charge in [-0.2, -0.15) is 13.2 Å². The minimum absolute atomic E-state index is 0.0176. The topological polar surface area (TPSA) is 38.3 Å². The Morgan fingerprint density at radius 2 is 2.14 bits per heavy atom. The van der Waals surface area contributed by atoms with Gasteiger partial charge in [-0.3, -0.25) is 4.79 Å². The number of ether oxygens (including phenoxy) is 1. The summed E-state index contributed by atoms with van der Waals surface area (Å²) in [6.07, 6.45) is -3.93. The van der Waals surface area contributed by atoms with E-state index in [1.54, 1.807) is 0 Å². The van der Waals surface area contributed by atoms with Gasteiger partial charge in [-0.05, 0) is 18.9 Å². The Hall–Kier alpha value is -1.21. The maximum absolute atomic E-state index is 11.8. The Morgan fingerprint density at radius 1 is 1.36 bits per heavy atom. The van der Waals surface area contributed by atoms with E-state index in [9.17, 15) is 18.0 Å². The van der Waals surface area contributed by atoms with Crippen molar-refractivity contribution < 1.29 is 22.7 Å². The molecule has 0 atom stereocenters. The predicted molar refractivity (Wildman–Crippen MR) is 81.8 cm³/mol. The molecule has 1 aromatic carbocycles. The summed E-state index contributed by atoms with van der Waals surface area (Å²) < 4.78 is 39.8.